The van der Waals surface area contributed by atoms with Crippen molar-refractivity contribution in [3.8, 4) is 17.3 Å². The maximum absolute atomic E-state index is 12.8. The highest BCUT2D eigenvalue weighted by molar-refractivity contribution is 7.99. The van der Waals surface area contributed by atoms with Crippen molar-refractivity contribution in [1.82, 2.24) is 19.7 Å². The molecule has 188 valence electrons. The summed E-state index contributed by atoms with van der Waals surface area (Å²) < 4.78 is 7.39. The van der Waals surface area contributed by atoms with Crippen LogP contribution in [0.2, 0.25) is 5.02 Å². The van der Waals surface area contributed by atoms with Gasteiger partial charge < -0.3 is 9.73 Å². The SMILES string of the molecule is O=C(CSc1nnc(-c2ccco2)n1-c1ccc(Cl)cc1)Nc1ncc(Cc2cccc3ccccc23)s1. The van der Waals surface area contributed by atoms with Crippen LogP contribution in [0.15, 0.2) is 101 Å². The van der Waals surface area contributed by atoms with Crippen LogP contribution in [0.5, 0.6) is 0 Å². The van der Waals surface area contributed by atoms with E-state index in [2.05, 4.69) is 50.8 Å². The highest BCUT2D eigenvalue weighted by atomic mass is 35.5. The molecule has 0 radical (unpaired) electrons. The third-order valence-electron chi connectivity index (χ3n) is 5.84. The molecule has 3 heterocycles. The van der Waals surface area contributed by atoms with Gasteiger partial charge in [-0.15, -0.1) is 21.5 Å². The van der Waals surface area contributed by atoms with Gasteiger partial charge in [-0.3, -0.25) is 9.36 Å². The first-order chi connectivity index (χ1) is 18.6. The summed E-state index contributed by atoms with van der Waals surface area (Å²) in [7, 11) is 0. The molecule has 0 bridgehead atoms. The van der Waals surface area contributed by atoms with E-state index in [0.29, 0.717) is 26.9 Å². The lowest BCUT2D eigenvalue weighted by molar-refractivity contribution is -0.113. The number of fused-ring (bicyclic) bond motifs is 1. The van der Waals surface area contributed by atoms with Gasteiger partial charge in [-0.05, 0) is 52.7 Å². The number of carbonyl (C=O) groups excluding carboxylic acids is 1. The molecule has 7 nitrogen and oxygen atoms in total. The number of nitrogens with one attached hydrogen (secondary N) is 1. The van der Waals surface area contributed by atoms with Crippen molar-refractivity contribution in [2.45, 2.75) is 11.6 Å². The van der Waals surface area contributed by atoms with Crippen molar-refractivity contribution in [2.75, 3.05) is 11.1 Å². The van der Waals surface area contributed by atoms with Gasteiger partial charge in [-0.1, -0.05) is 65.8 Å². The maximum Gasteiger partial charge on any atom is 0.236 e. The minimum atomic E-state index is -0.175. The maximum atomic E-state index is 12.8. The number of hydrogen-bond acceptors (Lipinski definition) is 7. The highest BCUT2D eigenvalue weighted by Gasteiger charge is 2.19. The molecule has 10 heteroatoms. The summed E-state index contributed by atoms with van der Waals surface area (Å²) in [6.45, 7) is 0. The summed E-state index contributed by atoms with van der Waals surface area (Å²) in [6, 6.07) is 25.6. The predicted molar refractivity (Wildman–Crippen MR) is 152 cm³/mol. The summed E-state index contributed by atoms with van der Waals surface area (Å²) in [4.78, 5) is 18.3. The van der Waals surface area contributed by atoms with Crippen LogP contribution in [0.3, 0.4) is 0 Å². The van der Waals surface area contributed by atoms with Gasteiger partial charge in [0, 0.05) is 28.2 Å². The number of aromatic nitrogens is 4. The Morgan fingerprint density at radius 2 is 1.84 bits per heavy atom. The van der Waals surface area contributed by atoms with Crippen molar-refractivity contribution in [1.29, 1.82) is 0 Å². The van der Waals surface area contributed by atoms with Gasteiger partial charge in [0.25, 0.3) is 0 Å². The van der Waals surface area contributed by atoms with Crippen LogP contribution in [0.1, 0.15) is 10.4 Å². The summed E-state index contributed by atoms with van der Waals surface area (Å²) in [5.41, 5.74) is 2.04. The predicted octanol–water partition coefficient (Wildman–Crippen LogP) is 7.11. The average molecular weight is 558 g/mol. The van der Waals surface area contributed by atoms with Gasteiger partial charge in [0.05, 0.1) is 12.0 Å². The standard InChI is InChI=1S/C28H20ClN5O2S2/c29-20-10-12-21(13-11-20)34-26(24-9-4-14-36-24)32-33-28(34)37-17-25(35)31-27-30-16-22(38-27)15-19-7-3-6-18-5-1-2-8-23(18)19/h1-14,16H,15,17H2,(H,30,31,35). The zero-order valence-electron chi connectivity index (χ0n) is 19.9. The van der Waals surface area contributed by atoms with Crippen LogP contribution in [-0.4, -0.2) is 31.4 Å². The van der Waals surface area contributed by atoms with Gasteiger partial charge >= 0.3 is 0 Å². The molecule has 0 aliphatic rings. The third-order valence-corrected chi connectivity index (χ3v) is 7.93. The molecule has 0 atom stereocenters. The fourth-order valence-electron chi connectivity index (χ4n) is 4.12. The number of amides is 1. The number of furan rings is 1. The Balaban J connectivity index is 1.15. The summed E-state index contributed by atoms with van der Waals surface area (Å²) in [5, 5.41) is 15.7. The van der Waals surface area contributed by atoms with Gasteiger partial charge in [0.1, 0.15) is 0 Å². The van der Waals surface area contributed by atoms with Gasteiger partial charge in [0.15, 0.2) is 16.0 Å². The van der Waals surface area contributed by atoms with Crippen molar-refractivity contribution < 1.29 is 9.21 Å². The molecule has 1 N–H and O–H groups in total. The molecule has 38 heavy (non-hydrogen) atoms. The molecule has 0 spiro atoms. The summed E-state index contributed by atoms with van der Waals surface area (Å²) in [6.07, 6.45) is 4.16. The topological polar surface area (TPSA) is 85.8 Å². The largest absolute Gasteiger partial charge is 0.461 e. The summed E-state index contributed by atoms with van der Waals surface area (Å²) >= 11 is 8.84. The molecule has 0 fully saturated rings. The van der Waals surface area contributed by atoms with Crippen molar-refractivity contribution in [3.63, 3.8) is 0 Å². The van der Waals surface area contributed by atoms with E-state index < -0.39 is 0 Å². The number of thioether (sulfide) groups is 1. The van der Waals surface area contributed by atoms with E-state index in [1.165, 1.54) is 39.4 Å². The number of rotatable bonds is 8. The molecule has 0 saturated carbocycles. The zero-order valence-corrected chi connectivity index (χ0v) is 22.3. The summed E-state index contributed by atoms with van der Waals surface area (Å²) in [5.74, 6) is 1.08. The van der Waals surface area contributed by atoms with E-state index >= 15 is 0 Å². The fraction of sp³-hybridized carbons (Fsp3) is 0.0714. The van der Waals surface area contributed by atoms with E-state index in [9.17, 15) is 4.79 Å². The second kappa shape index (κ2) is 10.8. The quantitative estimate of drug-likeness (QED) is 0.201. The first-order valence-electron chi connectivity index (χ1n) is 11.7. The first kappa shape index (κ1) is 24.4. The highest BCUT2D eigenvalue weighted by Crippen LogP contribution is 2.30. The van der Waals surface area contributed by atoms with Crippen molar-refractivity contribution >= 4 is 56.5 Å². The molecule has 6 rings (SSSR count). The van der Waals surface area contributed by atoms with E-state index in [1.54, 1.807) is 24.5 Å². The van der Waals surface area contributed by atoms with Crippen molar-refractivity contribution in [3.05, 3.63) is 107 Å². The minimum absolute atomic E-state index is 0.141. The number of nitrogens with zero attached hydrogens (tertiary/aromatic N) is 4. The molecule has 0 aliphatic carbocycles. The molecule has 3 aromatic heterocycles. The van der Waals surface area contributed by atoms with Crippen LogP contribution in [-0.2, 0) is 11.2 Å². The van der Waals surface area contributed by atoms with Crippen molar-refractivity contribution in [2.24, 2.45) is 0 Å². The molecule has 6 aromatic rings. The van der Waals surface area contributed by atoms with Crippen LogP contribution in [0, 0.1) is 0 Å². The molecule has 3 aromatic carbocycles. The van der Waals surface area contributed by atoms with E-state index in [1.807, 2.05) is 41.1 Å². The Labute approximate surface area is 231 Å². The second-order valence-corrected chi connectivity index (χ2v) is 10.9. The third kappa shape index (κ3) is 5.22. The number of halogens is 1. The Morgan fingerprint density at radius 3 is 2.68 bits per heavy atom. The van der Waals surface area contributed by atoms with Gasteiger partial charge in [-0.25, -0.2) is 4.98 Å². The Hall–Kier alpha value is -3.92. The van der Waals surface area contributed by atoms with E-state index in [-0.39, 0.29) is 11.7 Å². The van der Waals surface area contributed by atoms with E-state index in [4.69, 9.17) is 16.0 Å². The molecule has 1 amide bonds. The van der Waals surface area contributed by atoms with Crippen LogP contribution < -0.4 is 5.32 Å². The van der Waals surface area contributed by atoms with Crippen LogP contribution >= 0.6 is 34.7 Å². The second-order valence-electron chi connectivity index (χ2n) is 8.38. The first-order valence-corrected chi connectivity index (χ1v) is 13.9. The zero-order chi connectivity index (χ0) is 25.9. The molecule has 0 unspecified atom stereocenters. The Bertz CT molecular complexity index is 1710. The average Bonchev–Trinajstić information content (AvgIpc) is 3.70. The van der Waals surface area contributed by atoms with E-state index in [0.717, 1.165) is 17.0 Å². The minimum Gasteiger partial charge on any atom is -0.461 e. The van der Waals surface area contributed by atoms with Gasteiger partial charge in [0.2, 0.25) is 11.7 Å². The number of benzene rings is 3. The lowest BCUT2D eigenvalue weighted by Gasteiger charge is -2.09. The number of thiazole rings is 1. The van der Waals surface area contributed by atoms with Crippen LogP contribution in [0.25, 0.3) is 28.0 Å². The Morgan fingerprint density at radius 1 is 1.00 bits per heavy atom. The molecular weight excluding hydrogens is 538 g/mol. The van der Waals surface area contributed by atoms with Crippen LogP contribution in [0.4, 0.5) is 5.13 Å². The van der Waals surface area contributed by atoms with Gasteiger partial charge in [-0.2, -0.15) is 0 Å². The lowest BCUT2D eigenvalue weighted by Crippen LogP contribution is -2.14. The number of anilines is 1. The number of hydrogen-bond donors (Lipinski definition) is 1. The monoisotopic (exact) mass is 557 g/mol. The Kier molecular flexibility index (Phi) is 6.96. The molecule has 0 saturated heterocycles. The smallest absolute Gasteiger partial charge is 0.236 e. The molecule has 0 aliphatic heterocycles. The molecular formula is C28H20ClN5O2S2. The fourth-order valence-corrected chi connectivity index (χ4v) is 5.85. The normalized spacial score (nSPS) is 11.2. The number of carbonyl (C=O) groups is 1. The lowest BCUT2D eigenvalue weighted by atomic mass is 10.0.